The van der Waals surface area contributed by atoms with Gasteiger partial charge in [0.25, 0.3) is 19.7 Å². The molecule has 0 unspecified atom stereocenters. The van der Waals surface area contributed by atoms with E-state index in [1.54, 1.807) is 45.9 Å². The Bertz CT molecular complexity index is 1160. The Balaban J connectivity index is 2.76. The van der Waals surface area contributed by atoms with Crippen LogP contribution in [-0.2, 0) is 19.7 Å². The van der Waals surface area contributed by atoms with E-state index in [-0.39, 0.29) is 9.79 Å². The van der Waals surface area contributed by atoms with Crippen LogP contribution in [0.5, 0.6) is 0 Å². The van der Waals surface area contributed by atoms with Crippen LogP contribution in [0.1, 0.15) is 27.8 Å². The number of nitrogens with zero attached hydrogens (tertiary/aromatic N) is 2. The smallest absolute Gasteiger partial charge is 0.359 e. The van der Waals surface area contributed by atoms with Crippen molar-refractivity contribution in [3.8, 4) is 0 Å². The number of hydrogen-bond acceptors (Lipinski definition) is 4. The molecule has 2 aromatic rings. The second-order valence-corrected chi connectivity index (χ2v) is 10.2. The standard InChI is InChI=1S/C18H20N2O4S2/c1-11-6-8-16(13(3)10-11)25(21,22)18(20-19)26(23,24)17-9-7-12(2)14(4)15(17)5/h6-10H,1-5H3. The minimum absolute atomic E-state index is 0.193. The molecule has 0 aliphatic heterocycles. The van der Waals surface area contributed by atoms with Gasteiger partial charge in [-0.15, -0.1) is 4.79 Å². The molecule has 2 rings (SSSR count). The van der Waals surface area contributed by atoms with Crippen molar-refractivity contribution in [1.29, 1.82) is 0 Å². The fourth-order valence-corrected chi connectivity index (χ4v) is 6.58. The number of benzene rings is 2. The van der Waals surface area contributed by atoms with E-state index in [0.717, 1.165) is 16.7 Å². The zero-order valence-electron chi connectivity index (χ0n) is 15.2. The van der Waals surface area contributed by atoms with Gasteiger partial charge in [0, 0.05) is 0 Å². The molecule has 0 saturated heterocycles. The highest BCUT2D eigenvalue weighted by Crippen LogP contribution is 2.27. The van der Waals surface area contributed by atoms with E-state index in [2.05, 4.69) is 4.79 Å². The minimum atomic E-state index is -4.54. The van der Waals surface area contributed by atoms with E-state index >= 15 is 0 Å². The minimum Gasteiger partial charge on any atom is -0.359 e. The summed E-state index contributed by atoms with van der Waals surface area (Å²) in [6.07, 6.45) is 0. The highest BCUT2D eigenvalue weighted by Gasteiger charge is 2.45. The van der Waals surface area contributed by atoms with Crippen LogP contribution >= 0.6 is 0 Å². The van der Waals surface area contributed by atoms with Crippen molar-refractivity contribution in [3.05, 3.63) is 63.7 Å². The van der Waals surface area contributed by atoms with E-state index in [1.165, 1.54) is 12.1 Å². The second-order valence-electron chi connectivity index (χ2n) is 6.27. The summed E-state index contributed by atoms with van der Waals surface area (Å²) in [6.45, 7) is 8.51. The molecule has 0 aromatic heterocycles. The molecule has 0 spiro atoms. The number of aryl methyl sites for hydroxylation is 3. The fraction of sp³-hybridized carbons (Fsp3) is 0.278. The highest BCUT2D eigenvalue weighted by molar-refractivity contribution is 8.31. The Morgan fingerprint density at radius 1 is 0.769 bits per heavy atom. The highest BCUT2D eigenvalue weighted by atomic mass is 32.3. The SMILES string of the molecule is Cc1ccc(S(=O)(=O)C(=[N+]=[N-])S(=O)(=O)c2ccc(C)c(C)c2C)c(C)c1. The van der Waals surface area contributed by atoms with Crippen molar-refractivity contribution < 1.29 is 21.6 Å². The average Bonchev–Trinajstić information content (AvgIpc) is 2.52. The molecule has 138 valence electrons. The van der Waals surface area contributed by atoms with Gasteiger partial charge in [0.15, 0.2) is 0 Å². The van der Waals surface area contributed by atoms with Gasteiger partial charge < -0.3 is 5.53 Å². The molecule has 26 heavy (non-hydrogen) atoms. The van der Waals surface area contributed by atoms with Crippen LogP contribution in [0.3, 0.4) is 0 Å². The zero-order valence-corrected chi connectivity index (χ0v) is 16.9. The van der Waals surface area contributed by atoms with Crippen LogP contribution in [0.2, 0.25) is 0 Å². The average molecular weight is 393 g/mol. The van der Waals surface area contributed by atoms with Gasteiger partial charge >= 0.3 is 4.38 Å². The lowest BCUT2D eigenvalue weighted by molar-refractivity contribution is 0.00379. The number of sulfone groups is 2. The molecule has 0 radical (unpaired) electrons. The lowest BCUT2D eigenvalue weighted by Crippen LogP contribution is -2.27. The van der Waals surface area contributed by atoms with Crippen molar-refractivity contribution in [2.24, 2.45) is 0 Å². The predicted molar refractivity (Wildman–Crippen MR) is 99.6 cm³/mol. The molecular formula is C18H20N2O4S2. The molecular weight excluding hydrogens is 372 g/mol. The lowest BCUT2D eigenvalue weighted by atomic mass is 10.1. The summed E-state index contributed by atoms with van der Waals surface area (Å²) in [4.78, 5) is 2.28. The monoisotopic (exact) mass is 392 g/mol. The van der Waals surface area contributed by atoms with E-state index in [0.29, 0.717) is 11.1 Å². The van der Waals surface area contributed by atoms with Crippen LogP contribution in [0.15, 0.2) is 40.1 Å². The van der Waals surface area contributed by atoms with Crippen LogP contribution in [0.4, 0.5) is 0 Å². The summed E-state index contributed by atoms with van der Waals surface area (Å²) in [7, 11) is -9.07. The van der Waals surface area contributed by atoms with Crippen LogP contribution in [0, 0.1) is 34.6 Å². The Hall–Kier alpha value is -2.28. The van der Waals surface area contributed by atoms with Crippen molar-refractivity contribution >= 4 is 24.1 Å². The van der Waals surface area contributed by atoms with Gasteiger partial charge in [0.2, 0.25) is 0 Å². The molecule has 2 aromatic carbocycles. The molecule has 8 heteroatoms. The van der Waals surface area contributed by atoms with E-state index < -0.39 is 24.1 Å². The first-order chi connectivity index (χ1) is 11.9. The van der Waals surface area contributed by atoms with E-state index in [4.69, 9.17) is 0 Å². The summed E-state index contributed by atoms with van der Waals surface area (Å²) >= 11 is 0. The Morgan fingerprint density at radius 3 is 1.85 bits per heavy atom. The molecule has 0 bridgehead atoms. The summed E-state index contributed by atoms with van der Waals surface area (Å²) < 4.78 is 50.5. The summed E-state index contributed by atoms with van der Waals surface area (Å²) in [5.74, 6) is 0. The van der Waals surface area contributed by atoms with E-state index in [9.17, 15) is 22.4 Å². The van der Waals surface area contributed by atoms with Gasteiger partial charge in [0.1, 0.15) is 0 Å². The predicted octanol–water partition coefficient (Wildman–Crippen LogP) is 3.06. The first-order valence-electron chi connectivity index (χ1n) is 7.81. The summed E-state index contributed by atoms with van der Waals surface area (Å²) in [5.41, 5.74) is 12.5. The van der Waals surface area contributed by atoms with E-state index in [1.807, 2.05) is 6.92 Å². The van der Waals surface area contributed by atoms with Crippen LogP contribution < -0.4 is 0 Å². The van der Waals surface area contributed by atoms with Crippen LogP contribution in [-0.4, -0.2) is 26.0 Å². The van der Waals surface area contributed by atoms with Crippen molar-refractivity contribution in [2.45, 2.75) is 44.4 Å². The lowest BCUT2D eigenvalue weighted by Gasteiger charge is -2.11. The first kappa shape index (κ1) is 20.0. The van der Waals surface area contributed by atoms with Gasteiger partial charge in [0.05, 0.1) is 9.79 Å². The van der Waals surface area contributed by atoms with Gasteiger partial charge in [-0.25, -0.2) is 16.8 Å². The Kier molecular flexibility index (Phi) is 5.24. The molecule has 0 aliphatic carbocycles. The molecule has 0 aliphatic rings. The number of hydrogen-bond donors (Lipinski definition) is 0. The van der Waals surface area contributed by atoms with Gasteiger partial charge in [-0.1, -0.05) is 23.8 Å². The molecule has 0 N–H and O–H groups in total. The maximum absolute atomic E-state index is 13.0. The summed E-state index contributed by atoms with van der Waals surface area (Å²) in [6, 6.07) is 7.41. The van der Waals surface area contributed by atoms with Crippen molar-refractivity contribution in [1.82, 2.24) is 0 Å². The quantitative estimate of drug-likeness (QED) is 0.339. The fourth-order valence-electron chi connectivity index (χ4n) is 2.76. The summed E-state index contributed by atoms with van der Waals surface area (Å²) in [5, 5.41) is 0. The molecule has 0 heterocycles. The third kappa shape index (κ3) is 3.23. The first-order valence-corrected chi connectivity index (χ1v) is 10.8. The molecule has 0 fully saturated rings. The second kappa shape index (κ2) is 6.79. The maximum atomic E-state index is 13.0. The largest absolute Gasteiger partial charge is 0.504 e. The van der Waals surface area contributed by atoms with Crippen molar-refractivity contribution in [2.75, 3.05) is 0 Å². The molecule has 0 saturated carbocycles. The van der Waals surface area contributed by atoms with Gasteiger partial charge in [-0.05, 0) is 69.0 Å². The topological polar surface area (TPSA) is 105 Å². The van der Waals surface area contributed by atoms with Gasteiger partial charge in [-0.2, -0.15) is 0 Å². The maximum Gasteiger partial charge on any atom is 0.504 e. The third-order valence-corrected chi connectivity index (χ3v) is 8.92. The molecule has 0 atom stereocenters. The van der Waals surface area contributed by atoms with Gasteiger partial charge in [-0.3, -0.25) is 0 Å². The number of rotatable bonds is 2. The normalized spacial score (nSPS) is 11.9. The third-order valence-electron chi connectivity index (χ3n) is 4.46. The molecule has 0 amide bonds. The molecule has 6 nitrogen and oxygen atoms in total. The van der Waals surface area contributed by atoms with Crippen molar-refractivity contribution in [3.63, 3.8) is 0 Å². The zero-order chi connectivity index (χ0) is 19.9. The van der Waals surface area contributed by atoms with Crippen LogP contribution in [0.25, 0.3) is 5.53 Å². The Morgan fingerprint density at radius 2 is 1.31 bits per heavy atom. The Labute approximate surface area is 154 Å².